The van der Waals surface area contributed by atoms with Gasteiger partial charge in [0.1, 0.15) is 0 Å². The summed E-state index contributed by atoms with van der Waals surface area (Å²) < 4.78 is 0. The summed E-state index contributed by atoms with van der Waals surface area (Å²) in [6.45, 7) is 6.18. The average molecular weight is 338 g/mol. The zero-order valence-electron chi connectivity index (χ0n) is 14.6. The molecule has 2 amide bonds. The van der Waals surface area contributed by atoms with Gasteiger partial charge in [0.15, 0.2) is 0 Å². The second kappa shape index (κ2) is 8.19. The number of benzene rings is 1. The van der Waals surface area contributed by atoms with E-state index in [1.807, 2.05) is 18.2 Å². The Labute approximate surface area is 147 Å². The van der Waals surface area contributed by atoms with Crippen LogP contribution < -0.4 is 10.7 Å². The molecule has 0 fully saturated rings. The number of aromatic nitrogens is 1. The lowest BCUT2D eigenvalue weighted by molar-refractivity contribution is -0.120. The van der Waals surface area contributed by atoms with Gasteiger partial charge in [-0.15, -0.1) is 0 Å². The first kappa shape index (κ1) is 18.3. The van der Waals surface area contributed by atoms with Crippen LogP contribution in [-0.2, 0) is 10.2 Å². The molecule has 0 bridgehead atoms. The number of hydrazone groups is 1. The van der Waals surface area contributed by atoms with Gasteiger partial charge >= 0.3 is 0 Å². The molecular weight excluding hydrogens is 316 g/mol. The van der Waals surface area contributed by atoms with Gasteiger partial charge in [0.25, 0.3) is 11.8 Å². The van der Waals surface area contributed by atoms with Crippen LogP contribution in [-0.4, -0.2) is 29.6 Å². The molecule has 2 aromatic rings. The summed E-state index contributed by atoms with van der Waals surface area (Å²) in [5, 5.41) is 6.38. The molecule has 2 rings (SSSR count). The lowest BCUT2D eigenvalue weighted by atomic mass is 9.87. The van der Waals surface area contributed by atoms with E-state index in [0.29, 0.717) is 5.56 Å². The highest BCUT2D eigenvalue weighted by Crippen LogP contribution is 2.22. The zero-order chi connectivity index (χ0) is 18.3. The van der Waals surface area contributed by atoms with Crippen molar-refractivity contribution in [1.82, 2.24) is 15.7 Å². The van der Waals surface area contributed by atoms with Crippen molar-refractivity contribution in [2.24, 2.45) is 5.10 Å². The summed E-state index contributed by atoms with van der Waals surface area (Å²) in [6, 6.07) is 10.9. The Morgan fingerprint density at radius 2 is 1.88 bits per heavy atom. The molecule has 0 atom stereocenters. The van der Waals surface area contributed by atoms with Gasteiger partial charge in [0.05, 0.1) is 12.8 Å². The van der Waals surface area contributed by atoms with E-state index in [1.165, 1.54) is 6.21 Å². The van der Waals surface area contributed by atoms with Crippen molar-refractivity contribution in [3.8, 4) is 0 Å². The molecule has 1 heterocycles. The van der Waals surface area contributed by atoms with E-state index >= 15 is 0 Å². The highest BCUT2D eigenvalue weighted by molar-refractivity contribution is 5.96. The quantitative estimate of drug-likeness (QED) is 0.648. The van der Waals surface area contributed by atoms with Crippen LogP contribution in [0.2, 0.25) is 0 Å². The van der Waals surface area contributed by atoms with E-state index in [-0.39, 0.29) is 17.9 Å². The molecule has 130 valence electrons. The Balaban J connectivity index is 1.81. The number of carbonyl (C=O) groups is 2. The van der Waals surface area contributed by atoms with E-state index in [1.54, 1.807) is 30.6 Å². The van der Waals surface area contributed by atoms with E-state index in [2.05, 4.69) is 41.6 Å². The molecule has 0 unspecified atom stereocenters. The Kier molecular flexibility index (Phi) is 6.00. The molecule has 0 aliphatic rings. The van der Waals surface area contributed by atoms with Crippen LogP contribution in [0, 0.1) is 0 Å². The molecule has 0 aliphatic carbocycles. The number of rotatable bonds is 5. The molecule has 25 heavy (non-hydrogen) atoms. The van der Waals surface area contributed by atoms with E-state index in [0.717, 1.165) is 11.1 Å². The lowest BCUT2D eigenvalue weighted by Gasteiger charge is -2.19. The summed E-state index contributed by atoms with van der Waals surface area (Å²) in [4.78, 5) is 27.7. The summed E-state index contributed by atoms with van der Waals surface area (Å²) >= 11 is 0. The minimum atomic E-state index is -0.403. The smallest absolute Gasteiger partial charge is 0.259 e. The number of nitrogens with zero attached hydrogens (tertiary/aromatic N) is 2. The Morgan fingerprint density at radius 1 is 1.16 bits per heavy atom. The molecule has 0 saturated heterocycles. The second-order valence-electron chi connectivity index (χ2n) is 6.59. The van der Waals surface area contributed by atoms with Gasteiger partial charge in [-0.1, -0.05) is 39.0 Å². The molecular formula is C19H22N4O2. The minimum absolute atomic E-state index is 0.0289. The van der Waals surface area contributed by atoms with Crippen LogP contribution in [0.1, 0.15) is 42.3 Å². The molecule has 1 aromatic carbocycles. The van der Waals surface area contributed by atoms with Crippen LogP contribution in [0.5, 0.6) is 0 Å². The molecule has 6 heteroatoms. The zero-order valence-corrected chi connectivity index (χ0v) is 14.6. The van der Waals surface area contributed by atoms with Gasteiger partial charge in [-0.05, 0) is 29.2 Å². The predicted molar refractivity (Wildman–Crippen MR) is 97.4 cm³/mol. The molecule has 2 N–H and O–H groups in total. The van der Waals surface area contributed by atoms with Gasteiger partial charge in [-0.3, -0.25) is 14.6 Å². The van der Waals surface area contributed by atoms with Crippen LogP contribution in [0.3, 0.4) is 0 Å². The van der Waals surface area contributed by atoms with Crippen molar-refractivity contribution >= 4 is 18.0 Å². The fraction of sp³-hybridized carbons (Fsp3) is 0.263. The van der Waals surface area contributed by atoms with Crippen LogP contribution in [0.4, 0.5) is 0 Å². The average Bonchev–Trinajstić information content (AvgIpc) is 2.60. The van der Waals surface area contributed by atoms with E-state index in [9.17, 15) is 9.59 Å². The lowest BCUT2D eigenvalue weighted by Crippen LogP contribution is -2.34. The van der Waals surface area contributed by atoms with Crippen molar-refractivity contribution < 1.29 is 9.59 Å². The van der Waals surface area contributed by atoms with Crippen LogP contribution >= 0.6 is 0 Å². The maximum absolute atomic E-state index is 12.1. The fourth-order valence-corrected chi connectivity index (χ4v) is 2.05. The topological polar surface area (TPSA) is 83.5 Å². The fourth-order valence-electron chi connectivity index (χ4n) is 2.05. The summed E-state index contributed by atoms with van der Waals surface area (Å²) in [6.07, 6.45) is 4.76. The van der Waals surface area contributed by atoms with Crippen molar-refractivity contribution in [1.29, 1.82) is 0 Å². The Hall–Kier alpha value is -3.02. The highest BCUT2D eigenvalue weighted by atomic mass is 16.2. The number of carbonyl (C=O) groups excluding carboxylic acids is 2. The SMILES string of the molecule is CC(C)(C)c1ccc(C(=O)NCC(=O)N/N=C\c2cccnc2)cc1. The number of nitrogens with one attached hydrogen (secondary N) is 2. The van der Waals surface area contributed by atoms with Gasteiger partial charge in [0.2, 0.25) is 0 Å². The van der Waals surface area contributed by atoms with Crippen molar-refractivity contribution in [3.63, 3.8) is 0 Å². The first-order chi connectivity index (χ1) is 11.9. The molecule has 0 saturated carbocycles. The van der Waals surface area contributed by atoms with E-state index in [4.69, 9.17) is 0 Å². The monoisotopic (exact) mass is 338 g/mol. The molecule has 1 aromatic heterocycles. The number of amides is 2. The molecule has 0 radical (unpaired) electrons. The van der Waals surface area contributed by atoms with Gasteiger partial charge in [-0.25, -0.2) is 5.43 Å². The third-order valence-corrected chi connectivity index (χ3v) is 3.51. The Morgan fingerprint density at radius 3 is 2.48 bits per heavy atom. The van der Waals surface area contributed by atoms with E-state index < -0.39 is 5.91 Å². The number of pyridine rings is 1. The standard InChI is InChI=1S/C19H22N4O2/c1-19(2,3)16-8-6-15(7-9-16)18(25)21-13-17(24)23-22-12-14-5-4-10-20-11-14/h4-12H,13H2,1-3H3,(H,21,25)(H,23,24)/b22-12-. The van der Waals surface area contributed by atoms with Gasteiger partial charge in [-0.2, -0.15) is 5.10 Å². The van der Waals surface area contributed by atoms with Crippen molar-refractivity contribution in [2.45, 2.75) is 26.2 Å². The third kappa shape index (κ3) is 5.84. The van der Waals surface area contributed by atoms with Crippen LogP contribution in [0.25, 0.3) is 0 Å². The summed E-state index contributed by atoms with van der Waals surface area (Å²) in [7, 11) is 0. The molecule has 0 aliphatic heterocycles. The molecule has 6 nitrogen and oxygen atoms in total. The molecule has 0 spiro atoms. The number of hydrogen-bond donors (Lipinski definition) is 2. The maximum atomic E-state index is 12.1. The summed E-state index contributed by atoms with van der Waals surface area (Å²) in [5.41, 5.74) is 4.81. The Bertz CT molecular complexity index is 747. The number of hydrogen-bond acceptors (Lipinski definition) is 4. The minimum Gasteiger partial charge on any atom is -0.343 e. The highest BCUT2D eigenvalue weighted by Gasteiger charge is 2.14. The predicted octanol–water partition coefficient (Wildman–Crippen LogP) is 2.26. The van der Waals surface area contributed by atoms with Gasteiger partial charge < -0.3 is 5.32 Å². The second-order valence-corrected chi connectivity index (χ2v) is 6.59. The maximum Gasteiger partial charge on any atom is 0.259 e. The first-order valence-corrected chi connectivity index (χ1v) is 7.97. The third-order valence-electron chi connectivity index (χ3n) is 3.51. The van der Waals surface area contributed by atoms with Crippen molar-refractivity contribution in [2.75, 3.05) is 6.54 Å². The van der Waals surface area contributed by atoms with Gasteiger partial charge in [0, 0.05) is 23.5 Å². The summed E-state index contributed by atoms with van der Waals surface area (Å²) in [5.74, 6) is -0.702. The van der Waals surface area contributed by atoms with Crippen LogP contribution in [0.15, 0.2) is 53.9 Å². The normalized spacial score (nSPS) is 11.3. The first-order valence-electron chi connectivity index (χ1n) is 7.97. The van der Waals surface area contributed by atoms with Crippen molar-refractivity contribution in [3.05, 3.63) is 65.5 Å². The largest absolute Gasteiger partial charge is 0.343 e.